The van der Waals surface area contributed by atoms with Crippen molar-refractivity contribution in [2.24, 2.45) is 0 Å². The predicted octanol–water partition coefficient (Wildman–Crippen LogP) is 3.56. The van der Waals surface area contributed by atoms with Gasteiger partial charge in [0, 0.05) is 12.6 Å². The second-order valence-corrected chi connectivity index (χ2v) is 4.82. The average molecular weight is 273 g/mol. The molecule has 106 valence electrons. The third-order valence-corrected chi connectivity index (χ3v) is 3.51. The third kappa shape index (κ3) is 3.65. The van der Waals surface area contributed by atoms with Crippen molar-refractivity contribution in [1.82, 2.24) is 5.32 Å². The molecule has 2 aromatic carbocycles. The summed E-state index contributed by atoms with van der Waals surface area (Å²) in [6.45, 7) is 2.83. The Hall–Kier alpha value is -1.71. The van der Waals surface area contributed by atoms with Gasteiger partial charge in [-0.25, -0.2) is 4.39 Å². The van der Waals surface area contributed by atoms with Gasteiger partial charge in [0.15, 0.2) is 0 Å². The van der Waals surface area contributed by atoms with Crippen LogP contribution in [-0.4, -0.2) is 5.11 Å². The molecule has 0 radical (unpaired) electrons. The largest absolute Gasteiger partial charge is 0.392 e. The number of aliphatic hydroxyl groups is 1. The van der Waals surface area contributed by atoms with Crippen LogP contribution in [0.25, 0.3) is 0 Å². The molecule has 0 fully saturated rings. The summed E-state index contributed by atoms with van der Waals surface area (Å²) in [5, 5.41) is 12.8. The smallest absolute Gasteiger partial charge is 0.123 e. The van der Waals surface area contributed by atoms with Gasteiger partial charge in [-0.2, -0.15) is 0 Å². The van der Waals surface area contributed by atoms with Crippen molar-refractivity contribution >= 4 is 0 Å². The Morgan fingerprint density at radius 3 is 2.30 bits per heavy atom. The highest BCUT2D eigenvalue weighted by Gasteiger charge is 2.09. The van der Waals surface area contributed by atoms with E-state index in [1.54, 1.807) is 0 Å². The predicted molar refractivity (Wildman–Crippen MR) is 78.6 cm³/mol. The number of benzene rings is 2. The van der Waals surface area contributed by atoms with Gasteiger partial charge in [0.1, 0.15) is 5.82 Å². The molecule has 0 aliphatic heterocycles. The van der Waals surface area contributed by atoms with Gasteiger partial charge in [0.2, 0.25) is 0 Å². The minimum Gasteiger partial charge on any atom is -0.392 e. The summed E-state index contributed by atoms with van der Waals surface area (Å²) in [4.78, 5) is 0. The van der Waals surface area contributed by atoms with E-state index in [1.807, 2.05) is 36.4 Å². The first kappa shape index (κ1) is 14.7. The standard InChI is InChI=1S/C17H20FNO/c1-2-17(13-7-9-16(18)10-8-13)19-11-14-5-3-4-6-15(14)12-20/h3-10,17,19-20H,2,11-12H2,1H3. The molecule has 0 saturated heterocycles. The Morgan fingerprint density at radius 1 is 1.05 bits per heavy atom. The lowest BCUT2D eigenvalue weighted by atomic mass is 10.0. The highest BCUT2D eigenvalue weighted by molar-refractivity contribution is 5.27. The first-order chi connectivity index (χ1) is 9.74. The molecular weight excluding hydrogens is 253 g/mol. The van der Waals surface area contributed by atoms with Crippen LogP contribution in [0.5, 0.6) is 0 Å². The topological polar surface area (TPSA) is 32.3 Å². The van der Waals surface area contributed by atoms with Gasteiger partial charge in [-0.15, -0.1) is 0 Å². The quantitative estimate of drug-likeness (QED) is 0.843. The molecule has 0 heterocycles. The van der Waals surface area contributed by atoms with Crippen molar-refractivity contribution in [2.75, 3.05) is 0 Å². The molecule has 0 bridgehead atoms. The second kappa shape index (κ2) is 7.17. The van der Waals surface area contributed by atoms with Crippen LogP contribution in [0.15, 0.2) is 48.5 Å². The van der Waals surface area contributed by atoms with Crippen molar-refractivity contribution in [2.45, 2.75) is 32.5 Å². The number of halogens is 1. The van der Waals surface area contributed by atoms with E-state index < -0.39 is 0 Å². The summed E-state index contributed by atoms with van der Waals surface area (Å²) in [6, 6.07) is 14.6. The van der Waals surface area contributed by atoms with Crippen LogP contribution in [0.1, 0.15) is 36.1 Å². The maximum absolute atomic E-state index is 13.0. The van der Waals surface area contributed by atoms with Crippen LogP contribution >= 0.6 is 0 Å². The Labute approximate surface area is 119 Å². The number of hydrogen-bond donors (Lipinski definition) is 2. The van der Waals surface area contributed by atoms with Crippen molar-refractivity contribution in [1.29, 1.82) is 0 Å². The molecule has 2 N–H and O–H groups in total. The second-order valence-electron chi connectivity index (χ2n) is 4.82. The molecule has 2 rings (SSSR count). The summed E-state index contributed by atoms with van der Waals surface area (Å²) in [5.41, 5.74) is 3.11. The van der Waals surface area contributed by atoms with Crippen molar-refractivity contribution < 1.29 is 9.50 Å². The maximum atomic E-state index is 13.0. The zero-order valence-corrected chi connectivity index (χ0v) is 11.6. The minimum atomic E-state index is -0.214. The first-order valence-electron chi connectivity index (χ1n) is 6.91. The third-order valence-electron chi connectivity index (χ3n) is 3.51. The summed E-state index contributed by atoms with van der Waals surface area (Å²) < 4.78 is 13.0. The van der Waals surface area contributed by atoms with Crippen molar-refractivity contribution in [3.05, 3.63) is 71.0 Å². The monoisotopic (exact) mass is 273 g/mol. The van der Waals surface area contributed by atoms with Crippen LogP contribution in [-0.2, 0) is 13.2 Å². The Bertz CT molecular complexity index is 539. The highest BCUT2D eigenvalue weighted by atomic mass is 19.1. The SMILES string of the molecule is CCC(NCc1ccccc1CO)c1ccc(F)cc1. The van der Waals surface area contributed by atoms with Gasteiger partial charge in [-0.1, -0.05) is 43.3 Å². The van der Waals surface area contributed by atoms with Crippen molar-refractivity contribution in [3.63, 3.8) is 0 Å². The number of aliphatic hydroxyl groups excluding tert-OH is 1. The van der Waals surface area contributed by atoms with Crippen LogP contribution in [0.4, 0.5) is 4.39 Å². The van der Waals surface area contributed by atoms with Gasteiger partial charge >= 0.3 is 0 Å². The van der Waals surface area contributed by atoms with E-state index in [0.29, 0.717) is 6.54 Å². The molecule has 1 unspecified atom stereocenters. The minimum absolute atomic E-state index is 0.0468. The van der Waals surface area contributed by atoms with E-state index in [2.05, 4.69) is 12.2 Å². The molecular formula is C17H20FNO. The van der Waals surface area contributed by atoms with Gasteiger partial charge in [0.25, 0.3) is 0 Å². The lowest BCUT2D eigenvalue weighted by Gasteiger charge is -2.18. The van der Waals surface area contributed by atoms with Gasteiger partial charge in [0.05, 0.1) is 6.61 Å². The van der Waals surface area contributed by atoms with Crippen LogP contribution in [0.3, 0.4) is 0 Å². The van der Waals surface area contributed by atoms with Crippen LogP contribution in [0, 0.1) is 5.82 Å². The summed E-state index contributed by atoms with van der Waals surface area (Å²) >= 11 is 0. The summed E-state index contributed by atoms with van der Waals surface area (Å²) in [6.07, 6.45) is 0.924. The molecule has 2 aromatic rings. The number of hydrogen-bond acceptors (Lipinski definition) is 2. The van der Waals surface area contributed by atoms with Crippen LogP contribution < -0.4 is 5.32 Å². The molecule has 1 atom stereocenters. The molecule has 20 heavy (non-hydrogen) atoms. The molecule has 0 saturated carbocycles. The van der Waals surface area contributed by atoms with E-state index >= 15 is 0 Å². The molecule has 0 amide bonds. The fourth-order valence-corrected chi connectivity index (χ4v) is 2.31. The first-order valence-corrected chi connectivity index (χ1v) is 6.91. The maximum Gasteiger partial charge on any atom is 0.123 e. The molecule has 0 aromatic heterocycles. The Kier molecular flexibility index (Phi) is 5.27. The lowest BCUT2D eigenvalue weighted by molar-refractivity contribution is 0.280. The average Bonchev–Trinajstić information content (AvgIpc) is 2.50. The van der Waals surface area contributed by atoms with Gasteiger partial charge in [-0.05, 0) is 35.2 Å². The van der Waals surface area contributed by atoms with Crippen LogP contribution in [0.2, 0.25) is 0 Å². The van der Waals surface area contributed by atoms with E-state index in [4.69, 9.17) is 0 Å². The number of rotatable bonds is 6. The highest BCUT2D eigenvalue weighted by Crippen LogP contribution is 2.18. The van der Waals surface area contributed by atoms with Gasteiger partial charge in [-0.3, -0.25) is 0 Å². The fourth-order valence-electron chi connectivity index (χ4n) is 2.31. The molecule has 2 nitrogen and oxygen atoms in total. The van der Waals surface area contributed by atoms with Crippen molar-refractivity contribution in [3.8, 4) is 0 Å². The van der Waals surface area contributed by atoms with E-state index in [9.17, 15) is 9.50 Å². The summed E-state index contributed by atoms with van der Waals surface area (Å²) in [5.74, 6) is -0.214. The molecule has 0 aliphatic rings. The fraction of sp³-hybridized carbons (Fsp3) is 0.294. The Balaban J connectivity index is 2.05. The zero-order valence-electron chi connectivity index (χ0n) is 11.6. The van der Waals surface area contributed by atoms with E-state index in [-0.39, 0.29) is 18.5 Å². The van der Waals surface area contributed by atoms with E-state index in [1.165, 1.54) is 12.1 Å². The zero-order chi connectivity index (χ0) is 14.4. The molecule has 3 heteroatoms. The Morgan fingerprint density at radius 2 is 1.70 bits per heavy atom. The van der Waals surface area contributed by atoms with E-state index in [0.717, 1.165) is 23.1 Å². The molecule has 0 aliphatic carbocycles. The molecule has 0 spiro atoms. The summed E-state index contributed by atoms with van der Waals surface area (Å²) in [7, 11) is 0. The van der Waals surface area contributed by atoms with Gasteiger partial charge < -0.3 is 10.4 Å². The lowest BCUT2D eigenvalue weighted by Crippen LogP contribution is -2.21. The normalized spacial score (nSPS) is 12.3. The number of nitrogens with one attached hydrogen (secondary N) is 1.